The molecule has 1 fully saturated rings. The van der Waals surface area contributed by atoms with E-state index in [1.807, 2.05) is 25.7 Å². The standard InChI is InChI=1S/C19H24N2O2/c1-13-6-5-7-17(12-13)20-8-10-21(11-9-20)19(22)18-14(2)15(3)23-16(18)4/h5-7,12H,8-11H2,1-4H3. The summed E-state index contributed by atoms with van der Waals surface area (Å²) in [6, 6.07) is 8.53. The fraction of sp³-hybridized carbons (Fsp3) is 0.421. The molecule has 23 heavy (non-hydrogen) atoms. The number of carbonyl (C=O) groups is 1. The summed E-state index contributed by atoms with van der Waals surface area (Å²) in [5, 5.41) is 0. The number of hydrogen-bond acceptors (Lipinski definition) is 3. The highest BCUT2D eigenvalue weighted by molar-refractivity contribution is 5.97. The normalized spacial score (nSPS) is 15.1. The van der Waals surface area contributed by atoms with Crippen LogP contribution >= 0.6 is 0 Å². The van der Waals surface area contributed by atoms with E-state index in [1.54, 1.807) is 0 Å². The lowest BCUT2D eigenvalue weighted by Gasteiger charge is -2.36. The summed E-state index contributed by atoms with van der Waals surface area (Å²) in [7, 11) is 0. The Kier molecular flexibility index (Phi) is 4.16. The van der Waals surface area contributed by atoms with E-state index in [-0.39, 0.29) is 5.91 Å². The molecule has 0 bridgehead atoms. The second-order valence-corrected chi connectivity index (χ2v) is 6.33. The second kappa shape index (κ2) is 6.11. The third-order valence-electron chi connectivity index (χ3n) is 4.71. The average Bonchev–Trinajstić information content (AvgIpc) is 2.79. The van der Waals surface area contributed by atoms with Crippen molar-refractivity contribution in [3.63, 3.8) is 0 Å². The van der Waals surface area contributed by atoms with Crippen LogP contribution < -0.4 is 4.90 Å². The molecule has 0 spiro atoms. The number of furan rings is 1. The molecule has 1 saturated heterocycles. The summed E-state index contributed by atoms with van der Waals surface area (Å²) in [6.45, 7) is 11.1. The number of aryl methyl sites for hydroxylation is 3. The zero-order valence-corrected chi connectivity index (χ0v) is 14.3. The van der Waals surface area contributed by atoms with Crippen LogP contribution in [0.25, 0.3) is 0 Å². The Balaban J connectivity index is 1.70. The minimum atomic E-state index is 0.0979. The van der Waals surface area contributed by atoms with E-state index in [2.05, 4.69) is 36.1 Å². The van der Waals surface area contributed by atoms with Gasteiger partial charge in [-0.25, -0.2) is 0 Å². The predicted octanol–water partition coefficient (Wildman–Crippen LogP) is 3.48. The van der Waals surface area contributed by atoms with Crippen molar-refractivity contribution in [3.8, 4) is 0 Å². The number of anilines is 1. The average molecular weight is 312 g/mol. The molecule has 2 aromatic rings. The summed E-state index contributed by atoms with van der Waals surface area (Å²) in [4.78, 5) is 17.1. The maximum absolute atomic E-state index is 12.8. The largest absolute Gasteiger partial charge is 0.466 e. The maximum Gasteiger partial charge on any atom is 0.257 e. The van der Waals surface area contributed by atoms with Gasteiger partial charge in [-0.3, -0.25) is 4.79 Å². The summed E-state index contributed by atoms with van der Waals surface area (Å²) in [5.74, 6) is 1.66. The molecule has 2 heterocycles. The molecule has 0 saturated carbocycles. The summed E-state index contributed by atoms with van der Waals surface area (Å²) in [5.41, 5.74) is 4.21. The van der Waals surface area contributed by atoms with E-state index >= 15 is 0 Å². The number of benzene rings is 1. The van der Waals surface area contributed by atoms with Crippen LogP contribution in [-0.4, -0.2) is 37.0 Å². The number of hydrogen-bond donors (Lipinski definition) is 0. The molecule has 4 nitrogen and oxygen atoms in total. The Morgan fingerprint density at radius 1 is 1.00 bits per heavy atom. The monoisotopic (exact) mass is 312 g/mol. The Hall–Kier alpha value is -2.23. The minimum absolute atomic E-state index is 0.0979. The minimum Gasteiger partial charge on any atom is -0.466 e. The van der Waals surface area contributed by atoms with Gasteiger partial charge in [0.05, 0.1) is 5.56 Å². The van der Waals surface area contributed by atoms with Gasteiger partial charge in [0.1, 0.15) is 11.5 Å². The maximum atomic E-state index is 12.8. The number of rotatable bonds is 2. The first-order valence-electron chi connectivity index (χ1n) is 8.15. The van der Waals surface area contributed by atoms with E-state index in [9.17, 15) is 4.79 Å². The topological polar surface area (TPSA) is 36.7 Å². The molecule has 3 rings (SSSR count). The third kappa shape index (κ3) is 2.98. The van der Waals surface area contributed by atoms with Crippen molar-refractivity contribution in [1.29, 1.82) is 0 Å². The van der Waals surface area contributed by atoms with Gasteiger partial charge in [-0.15, -0.1) is 0 Å². The van der Waals surface area contributed by atoms with Crippen molar-refractivity contribution in [2.45, 2.75) is 27.7 Å². The van der Waals surface area contributed by atoms with E-state index in [4.69, 9.17) is 4.42 Å². The molecule has 0 aliphatic carbocycles. The number of amides is 1. The van der Waals surface area contributed by atoms with E-state index in [0.29, 0.717) is 0 Å². The lowest BCUT2D eigenvalue weighted by atomic mass is 10.1. The van der Waals surface area contributed by atoms with Gasteiger partial charge in [0.15, 0.2) is 0 Å². The Morgan fingerprint density at radius 2 is 1.70 bits per heavy atom. The molecular weight excluding hydrogens is 288 g/mol. The zero-order valence-electron chi connectivity index (χ0n) is 14.3. The first-order chi connectivity index (χ1) is 11.0. The zero-order chi connectivity index (χ0) is 16.6. The molecule has 1 amide bonds. The molecule has 0 atom stereocenters. The third-order valence-corrected chi connectivity index (χ3v) is 4.71. The van der Waals surface area contributed by atoms with Gasteiger partial charge in [-0.2, -0.15) is 0 Å². The first-order valence-corrected chi connectivity index (χ1v) is 8.15. The van der Waals surface area contributed by atoms with E-state index < -0.39 is 0 Å². The number of piperazine rings is 1. The van der Waals surface area contributed by atoms with Gasteiger partial charge < -0.3 is 14.2 Å². The molecule has 1 aromatic heterocycles. The summed E-state index contributed by atoms with van der Waals surface area (Å²) >= 11 is 0. The molecule has 0 N–H and O–H groups in total. The van der Waals surface area contributed by atoms with Gasteiger partial charge in [0.2, 0.25) is 0 Å². The Bertz CT molecular complexity index is 725. The summed E-state index contributed by atoms with van der Waals surface area (Å²) < 4.78 is 5.60. The highest BCUT2D eigenvalue weighted by Gasteiger charge is 2.26. The number of carbonyl (C=O) groups excluding carboxylic acids is 1. The van der Waals surface area contributed by atoms with Gasteiger partial charge in [-0.1, -0.05) is 12.1 Å². The van der Waals surface area contributed by atoms with Crippen molar-refractivity contribution in [2.75, 3.05) is 31.1 Å². The molecule has 0 unspecified atom stereocenters. The molecule has 4 heteroatoms. The Morgan fingerprint density at radius 3 is 2.26 bits per heavy atom. The fourth-order valence-corrected chi connectivity index (χ4v) is 3.26. The SMILES string of the molecule is Cc1cccc(N2CCN(C(=O)c3c(C)oc(C)c3C)CC2)c1. The van der Waals surface area contributed by atoms with Gasteiger partial charge in [0.25, 0.3) is 5.91 Å². The molecular formula is C19H24N2O2. The van der Waals surface area contributed by atoms with Crippen LogP contribution in [0.5, 0.6) is 0 Å². The van der Waals surface area contributed by atoms with Crippen LogP contribution in [0.3, 0.4) is 0 Å². The molecule has 1 aliphatic heterocycles. The van der Waals surface area contributed by atoms with Crippen LogP contribution in [0.15, 0.2) is 28.7 Å². The van der Waals surface area contributed by atoms with Gasteiger partial charge in [-0.05, 0) is 45.4 Å². The Labute approximate surface area is 137 Å². The predicted molar refractivity (Wildman–Crippen MR) is 92.2 cm³/mol. The van der Waals surface area contributed by atoms with Crippen LogP contribution in [0.4, 0.5) is 5.69 Å². The van der Waals surface area contributed by atoms with Gasteiger partial charge >= 0.3 is 0 Å². The van der Waals surface area contributed by atoms with Crippen LogP contribution in [0.1, 0.15) is 33.0 Å². The smallest absolute Gasteiger partial charge is 0.257 e. The first kappa shape index (κ1) is 15.7. The molecule has 1 aromatic carbocycles. The van der Waals surface area contributed by atoms with Crippen molar-refractivity contribution < 1.29 is 9.21 Å². The van der Waals surface area contributed by atoms with Crippen LogP contribution in [0, 0.1) is 27.7 Å². The molecule has 1 aliphatic rings. The molecule has 122 valence electrons. The van der Waals surface area contributed by atoms with Crippen LogP contribution in [0.2, 0.25) is 0 Å². The highest BCUT2D eigenvalue weighted by Crippen LogP contribution is 2.24. The second-order valence-electron chi connectivity index (χ2n) is 6.33. The lowest BCUT2D eigenvalue weighted by molar-refractivity contribution is 0.0744. The quantitative estimate of drug-likeness (QED) is 0.852. The summed E-state index contributed by atoms with van der Waals surface area (Å²) in [6.07, 6.45) is 0. The number of nitrogens with zero attached hydrogens (tertiary/aromatic N) is 2. The van der Waals surface area contributed by atoms with E-state index in [1.165, 1.54) is 11.3 Å². The fourth-order valence-electron chi connectivity index (χ4n) is 3.26. The van der Waals surface area contributed by atoms with Crippen molar-refractivity contribution in [2.24, 2.45) is 0 Å². The van der Waals surface area contributed by atoms with Crippen molar-refractivity contribution in [3.05, 3.63) is 52.5 Å². The van der Waals surface area contributed by atoms with Crippen molar-refractivity contribution >= 4 is 11.6 Å². The lowest BCUT2D eigenvalue weighted by Crippen LogP contribution is -2.49. The van der Waals surface area contributed by atoms with Crippen LogP contribution in [-0.2, 0) is 0 Å². The highest BCUT2D eigenvalue weighted by atomic mass is 16.3. The van der Waals surface area contributed by atoms with Gasteiger partial charge in [0, 0.05) is 37.4 Å². The van der Waals surface area contributed by atoms with E-state index in [0.717, 1.165) is 48.8 Å². The van der Waals surface area contributed by atoms with Crippen molar-refractivity contribution in [1.82, 2.24) is 4.90 Å². The molecule has 0 radical (unpaired) electrons.